The second kappa shape index (κ2) is 5.91. The molecule has 0 amide bonds. The second-order valence-corrected chi connectivity index (χ2v) is 5.66. The lowest BCUT2D eigenvalue weighted by Gasteiger charge is -2.13. The molecule has 0 aliphatic carbocycles. The predicted octanol–water partition coefficient (Wildman–Crippen LogP) is 4.65. The molecule has 0 fully saturated rings. The van der Waals surface area contributed by atoms with Crippen LogP contribution in [0.2, 0.25) is 0 Å². The van der Waals surface area contributed by atoms with Crippen molar-refractivity contribution in [1.29, 1.82) is 0 Å². The number of alkyl halides is 3. The van der Waals surface area contributed by atoms with Crippen LogP contribution >= 0.6 is 0 Å². The zero-order valence-corrected chi connectivity index (χ0v) is 13.6. The molecule has 0 unspecified atom stereocenters. The number of hydrogen-bond acceptors (Lipinski definition) is 4. The van der Waals surface area contributed by atoms with Crippen LogP contribution in [0.3, 0.4) is 0 Å². The predicted molar refractivity (Wildman–Crippen MR) is 91.8 cm³/mol. The van der Waals surface area contributed by atoms with Gasteiger partial charge >= 0.3 is 6.18 Å². The quantitative estimate of drug-likeness (QED) is 0.579. The van der Waals surface area contributed by atoms with E-state index in [1.54, 1.807) is 16.8 Å². The molecule has 0 atom stereocenters. The summed E-state index contributed by atoms with van der Waals surface area (Å²) >= 11 is 0. The van der Waals surface area contributed by atoms with E-state index in [-0.39, 0.29) is 11.4 Å². The molecule has 2 aromatic heterocycles. The number of rotatable bonds is 3. The van der Waals surface area contributed by atoms with Crippen molar-refractivity contribution in [1.82, 2.24) is 14.4 Å². The zero-order chi connectivity index (χ0) is 18.3. The monoisotopic (exact) mass is 358 g/mol. The van der Waals surface area contributed by atoms with Crippen molar-refractivity contribution in [3.63, 3.8) is 0 Å². The minimum Gasteiger partial charge on any atom is -0.497 e. The van der Waals surface area contributed by atoms with Gasteiger partial charge in [-0.05, 0) is 24.3 Å². The summed E-state index contributed by atoms with van der Waals surface area (Å²) in [6.45, 7) is 0. The van der Waals surface area contributed by atoms with Gasteiger partial charge in [0.05, 0.1) is 41.6 Å². The highest BCUT2D eigenvalue weighted by atomic mass is 19.4. The lowest BCUT2D eigenvalue weighted by molar-refractivity contribution is -0.137. The molecule has 0 aliphatic heterocycles. The normalized spacial score (nSPS) is 11.8. The van der Waals surface area contributed by atoms with Crippen LogP contribution in [0.1, 0.15) is 5.56 Å². The number of methoxy groups -OCH3 is 1. The van der Waals surface area contributed by atoms with Crippen molar-refractivity contribution in [2.24, 2.45) is 0 Å². The molecule has 2 heterocycles. The molecule has 4 rings (SSSR count). The zero-order valence-electron chi connectivity index (χ0n) is 13.6. The Bertz CT molecular complexity index is 1100. The average Bonchev–Trinajstić information content (AvgIpc) is 3.04. The van der Waals surface area contributed by atoms with E-state index in [0.29, 0.717) is 5.95 Å². The molecule has 5 nitrogen and oxygen atoms in total. The number of aromatic nitrogens is 3. The first kappa shape index (κ1) is 16.2. The fourth-order valence-electron chi connectivity index (χ4n) is 2.78. The molecule has 0 bridgehead atoms. The lowest BCUT2D eigenvalue weighted by atomic mass is 10.2. The molecule has 26 heavy (non-hydrogen) atoms. The number of para-hydroxylation sites is 2. The molecule has 8 heteroatoms. The van der Waals surface area contributed by atoms with E-state index in [1.165, 1.54) is 13.2 Å². The minimum absolute atomic E-state index is 0.106. The molecule has 0 aliphatic rings. The SMILES string of the molecule is COc1cc(Nc2ncc3cnc4ccccc4n23)cc(C(F)(F)F)c1. The number of benzene rings is 2. The lowest BCUT2D eigenvalue weighted by Crippen LogP contribution is -2.07. The van der Waals surface area contributed by atoms with Gasteiger partial charge in [0.25, 0.3) is 0 Å². The molecule has 132 valence electrons. The number of halogens is 3. The van der Waals surface area contributed by atoms with Gasteiger partial charge < -0.3 is 10.1 Å². The Morgan fingerprint density at radius 1 is 1.04 bits per heavy atom. The molecule has 4 aromatic rings. The van der Waals surface area contributed by atoms with E-state index in [4.69, 9.17) is 4.74 Å². The van der Waals surface area contributed by atoms with Crippen LogP contribution < -0.4 is 10.1 Å². The molecule has 0 saturated heterocycles. The molecular weight excluding hydrogens is 345 g/mol. The number of hydrogen-bond donors (Lipinski definition) is 1. The van der Waals surface area contributed by atoms with E-state index >= 15 is 0 Å². The van der Waals surface area contributed by atoms with Crippen molar-refractivity contribution in [3.05, 3.63) is 60.4 Å². The number of imidazole rings is 1. The Balaban J connectivity index is 1.84. The Kier molecular flexibility index (Phi) is 3.68. The summed E-state index contributed by atoms with van der Waals surface area (Å²) in [6, 6.07) is 10.9. The fourth-order valence-corrected chi connectivity index (χ4v) is 2.78. The third kappa shape index (κ3) is 2.79. The van der Waals surface area contributed by atoms with Gasteiger partial charge in [-0.1, -0.05) is 12.1 Å². The molecule has 2 aromatic carbocycles. The Morgan fingerprint density at radius 3 is 2.58 bits per heavy atom. The minimum atomic E-state index is -4.48. The third-order valence-corrected chi connectivity index (χ3v) is 3.97. The first-order chi connectivity index (χ1) is 12.5. The van der Waals surface area contributed by atoms with Crippen molar-refractivity contribution >= 4 is 28.2 Å². The van der Waals surface area contributed by atoms with Gasteiger partial charge in [-0.15, -0.1) is 0 Å². The van der Waals surface area contributed by atoms with Crippen LogP contribution in [0, 0.1) is 0 Å². The van der Waals surface area contributed by atoms with Crippen molar-refractivity contribution in [2.75, 3.05) is 12.4 Å². The summed E-state index contributed by atoms with van der Waals surface area (Å²) in [4.78, 5) is 8.62. The smallest absolute Gasteiger partial charge is 0.416 e. The molecule has 1 N–H and O–H groups in total. The van der Waals surface area contributed by atoms with Crippen molar-refractivity contribution in [3.8, 4) is 5.75 Å². The summed E-state index contributed by atoms with van der Waals surface area (Å²) in [7, 11) is 1.32. The fraction of sp³-hybridized carbons (Fsp3) is 0.111. The maximum atomic E-state index is 13.1. The molecule has 0 saturated carbocycles. The van der Waals surface area contributed by atoms with Gasteiger partial charge in [-0.2, -0.15) is 13.2 Å². The topological polar surface area (TPSA) is 51.5 Å². The maximum absolute atomic E-state index is 13.1. The highest BCUT2D eigenvalue weighted by molar-refractivity contribution is 5.80. The average molecular weight is 358 g/mol. The number of nitrogens with one attached hydrogen (secondary N) is 1. The highest BCUT2D eigenvalue weighted by Crippen LogP contribution is 2.35. The van der Waals surface area contributed by atoms with Crippen LogP contribution in [0.25, 0.3) is 16.6 Å². The van der Waals surface area contributed by atoms with Gasteiger partial charge in [-0.3, -0.25) is 9.38 Å². The first-order valence-electron chi connectivity index (χ1n) is 7.70. The van der Waals surface area contributed by atoms with Crippen molar-refractivity contribution < 1.29 is 17.9 Å². The maximum Gasteiger partial charge on any atom is 0.416 e. The summed E-state index contributed by atoms with van der Waals surface area (Å²) < 4.78 is 46.1. The molecular formula is C18H13F3N4O. The van der Waals surface area contributed by atoms with Gasteiger partial charge in [0, 0.05) is 11.8 Å². The summed E-state index contributed by atoms with van der Waals surface area (Å²) in [5, 5.41) is 2.95. The Hall–Kier alpha value is -3.29. The summed E-state index contributed by atoms with van der Waals surface area (Å²) in [6.07, 6.45) is -1.21. The van der Waals surface area contributed by atoms with E-state index in [0.717, 1.165) is 28.7 Å². The summed E-state index contributed by atoms with van der Waals surface area (Å²) in [5.41, 5.74) is 1.70. The van der Waals surface area contributed by atoms with Crippen LogP contribution in [0.5, 0.6) is 5.75 Å². The third-order valence-electron chi connectivity index (χ3n) is 3.97. The van der Waals surface area contributed by atoms with Gasteiger partial charge in [0.15, 0.2) is 0 Å². The van der Waals surface area contributed by atoms with E-state index in [9.17, 15) is 13.2 Å². The number of fused-ring (bicyclic) bond motifs is 3. The van der Waals surface area contributed by atoms with Crippen LogP contribution in [-0.2, 0) is 6.18 Å². The van der Waals surface area contributed by atoms with E-state index in [1.807, 2.05) is 24.3 Å². The second-order valence-electron chi connectivity index (χ2n) is 5.66. The van der Waals surface area contributed by atoms with E-state index < -0.39 is 11.7 Å². The van der Waals surface area contributed by atoms with Gasteiger partial charge in [-0.25, -0.2) is 4.98 Å². The number of nitrogens with zero attached hydrogens (tertiary/aromatic N) is 3. The number of ether oxygens (including phenoxy) is 1. The van der Waals surface area contributed by atoms with Gasteiger partial charge in [0.1, 0.15) is 5.75 Å². The van der Waals surface area contributed by atoms with Gasteiger partial charge in [0.2, 0.25) is 5.95 Å². The molecule has 0 radical (unpaired) electrons. The standard InChI is InChI=1S/C18H13F3N4O/c1-26-14-7-11(18(19,20)21)6-12(8-14)24-17-23-10-13-9-22-15-4-2-3-5-16(15)25(13)17/h2-10H,1H3,(H,23,24). The van der Waals surface area contributed by atoms with Crippen LogP contribution in [0.15, 0.2) is 54.9 Å². The summed E-state index contributed by atoms with van der Waals surface area (Å²) in [5.74, 6) is 0.495. The Labute approximate surface area is 146 Å². The largest absolute Gasteiger partial charge is 0.497 e. The number of anilines is 2. The molecule has 0 spiro atoms. The van der Waals surface area contributed by atoms with Crippen LogP contribution in [0.4, 0.5) is 24.8 Å². The van der Waals surface area contributed by atoms with Crippen molar-refractivity contribution in [2.45, 2.75) is 6.18 Å². The van der Waals surface area contributed by atoms with Crippen LogP contribution in [-0.4, -0.2) is 21.5 Å². The van der Waals surface area contributed by atoms with E-state index in [2.05, 4.69) is 15.3 Å². The first-order valence-corrected chi connectivity index (χ1v) is 7.70. The Morgan fingerprint density at radius 2 is 1.81 bits per heavy atom. The highest BCUT2D eigenvalue weighted by Gasteiger charge is 2.31.